The number of aromatic nitrogens is 1. The fraction of sp³-hybridized carbons (Fsp3) is 0.615. The highest BCUT2D eigenvalue weighted by atomic mass is 15.2. The largest absolute Gasteiger partial charge is 0.369 e. The first-order valence-corrected chi connectivity index (χ1v) is 6.24. The minimum atomic E-state index is 1.09. The van der Waals surface area contributed by atoms with Gasteiger partial charge in [0, 0.05) is 44.3 Å². The zero-order chi connectivity index (χ0) is 11.6. The molecule has 1 aliphatic rings. The quantitative estimate of drug-likeness (QED) is 0.830. The van der Waals surface area contributed by atoms with Gasteiger partial charge in [-0.25, -0.2) is 0 Å². The summed E-state index contributed by atoms with van der Waals surface area (Å²) in [6.45, 7) is 8.73. The van der Waals surface area contributed by atoms with Crippen molar-refractivity contribution >= 4 is 5.69 Å². The predicted octanol–water partition coefficient (Wildman–Crippen LogP) is 2.30. The third kappa shape index (κ3) is 4.62. The van der Waals surface area contributed by atoms with Crippen LogP contribution in [0, 0.1) is 0 Å². The van der Waals surface area contributed by atoms with Gasteiger partial charge in [-0.3, -0.25) is 4.98 Å². The molecule has 3 heteroatoms. The van der Waals surface area contributed by atoms with Crippen LogP contribution in [-0.2, 0) is 0 Å². The Labute approximate surface area is 98.9 Å². The molecular formula is C13H23N3. The van der Waals surface area contributed by atoms with Crippen molar-refractivity contribution < 1.29 is 0 Å². The van der Waals surface area contributed by atoms with Crippen LogP contribution in [0.2, 0.25) is 0 Å². The molecule has 1 aliphatic heterocycles. The van der Waals surface area contributed by atoms with Gasteiger partial charge in [0.1, 0.15) is 0 Å². The Morgan fingerprint density at radius 1 is 1.12 bits per heavy atom. The molecule has 1 N–H and O–H groups in total. The minimum Gasteiger partial charge on any atom is -0.369 e. The molecule has 0 aliphatic carbocycles. The molecule has 2 heterocycles. The minimum absolute atomic E-state index is 1.09. The molecule has 0 aromatic carbocycles. The van der Waals surface area contributed by atoms with Crippen molar-refractivity contribution in [3.8, 4) is 0 Å². The van der Waals surface area contributed by atoms with Crippen molar-refractivity contribution in [1.82, 2.24) is 10.3 Å². The third-order valence-corrected chi connectivity index (χ3v) is 2.64. The summed E-state index contributed by atoms with van der Waals surface area (Å²) in [6.07, 6.45) is 6.33. The maximum absolute atomic E-state index is 4.00. The van der Waals surface area contributed by atoms with Crippen LogP contribution in [0.25, 0.3) is 0 Å². The highest BCUT2D eigenvalue weighted by molar-refractivity contribution is 5.44. The van der Waals surface area contributed by atoms with E-state index in [1.165, 1.54) is 18.5 Å². The fourth-order valence-electron chi connectivity index (χ4n) is 1.48. The van der Waals surface area contributed by atoms with E-state index in [4.69, 9.17) is 0 Å². The number of rotatable bonds is 2. The highest BCUT2D eigenvalue weighted by Crippen LogP contribution is 2.11. The lowest BCUT2D eigenvalue weighted by Gasteiger charge is -2.29. The number of nitrogens with one attached hydrogen (secondary N) is 1. The van der Waals surface area contributed by atoms with Gasteiger partial charge in [-0.2, -0.15) is 0 Å². The number of nitrogens with zero attached hydrogens (tertiary/aromatic N) is 2. The lowest BCUT2D eigenvalue weighted by molar-refractivity contribution is 0.589. The molecule has 3 nitrogen and oxygen atoms in total. The number of piperazine rings is 1. The van der Waals surface area contributed by atoms with Crippen LogP contribution >= 0.6 is 0 Å². The van der Waals surface area contributed by atoms with Crippen LogP contribution in [-0.4, -0.2) is 31.2 Å². The first-order valence-electron chi connectivity index (χ1n) is 6.24. The van der Waals surface area contributed by atoms with Crippen LogP contribution in [0.1, 0.15) is 26.7 Å². The zero-order valence-corrected chi connectivity index (χ0v) is 10.4. The van der Waals surface area contributed by atoms with E-state index in [1.54, 1.807) is 0 Å². The number of hydrogen-bond donors (Lipinski definition) is 1. The van der Waals surface area contributed by atoms with Crippen LogP contribution in [0.15, 0.2) is 24.5 Å². The molecule has 1 saturated heterocycles. The van der Waals surface area contributed by atoms with Gasteiger partial charge >= 0.3 is 0 Å². The molecule has 90 valence electrons. The molecule has 1 fully saturated rings. The Bertz CT molecular complexity index is 253. The van der Waals surface area contributed by atoms with E-state index < -0.39 is 0 Å². The second-order valence-corrected chi connectivity index (χ2v) is 3.94. The van der Waals surface area contributed by atoms with Gasteiger partial charge in [0.2, 0.25) is 0 Å². The van der Waals surface area contributed by atoms with Crippen LogP contribution in [0.3, 0.4) is 0 Å². The van der Waals surface area contributed by atoms with Crippen molar-refractivity contribution in [3.05, 3.63) is 24.5 Å². The first-order chi connectivity index (χ1) is 7.88. The zero-order valence-electron chi connectivity index (χ0n) is 10.4. The SMILES string of the molecule is CCCC.c1cc(N2CCNCC2)ccn1. The van der Waals surface area contributed by atoms with Gasteiger partial charge in [0.05, 0.1) is 0 Å². The molecule has 1 aromatic heterocycles. The maximum atomic E-state index is 4.00. The van der Waals surface area contributed by atoms with Gasteiger partial charge in [-0.15, -0.1) is 0 Å². The van der Waals surface area contributed by atoms with E-state index in [9.17, 15) is 0 Å². The number of unbranched alkanes of at least 4 members (excludes halogenated alkanes) is 1. The van der Waals surface area contributed by atoms with Gasteiger partial charge in [0.15, 0.2) is 0 Å². The molecule has 2 rings (SSSR count). The number of anilines is 1. The van der Waals surface area contributed by atoms with Gasteiger partial charge in [-0.1, -0.05) is 26.7 Å². The van der Waals surface area contributed by atoms with Gasteiger partial charge in [-0.05, 0) is 12.1 Å². The molecule has 0 spiro atoms. The lowest BCUT2D eigenvalue weighted by atomic mass is 10.3. The Morgan fingerprint density at radius 3 is 2.19 bits per heavy atom. The fourth-order valence-corrected chi connectivity index (χ4v) is 1.48. The summed E-state index contributed by atoms with van der Waals surface area (Å²) >= 11 is 0. The van der Waals surface area contributed by atoms with E-state index in [1.807, 2.05) is 12.4 Å². The van der Waals surface area contributed by atoms with E-state index in [-0.39, 0.29) is 0 Å². The van der Waals surface area contributed by atoms with Crippen LogP contribution < -0.4 is 10.2 Å². The summed E-state index contributed by atoms with van der Waals surface area (Å²) in [6, 6.07) is 4.12. The monoisotopic (exact) mass is 221 g/mol. The van der Waals surface area contributed by atoms with Gasteiger partial charge in [0.25, 0.3) is 0 Å². The third-order valence-electron chi connectivity index (χ3n) is 2.64. The molecule has 0 saturated carbocycles. The molecule has 0 unspecified atom stereocenters. The summed E-state index contributed by atoms with van der Waals surface area (Å²) in [4.78, 5) is 6.37. The Morgan fingerprint density at radius 2 is 1.69 bits per heavy atom. The summed E-state index contributed by atoms with van der Waals surface area (Å²) in [7, 11) is 0. The summed E-state index contributed by atoms with van der Waals surface area (Å²) in [5.74, 6) is 0. The van der Waals surface area contributed by atoms with Crippen molar-refractivity contribution in [2.24, 2.45) is 0 Å². The Kier molecular flexibility index (Phi) is 6.58. The molecular weight excluding hydrogens is 198 g/mol. The second kappa shape index (κ2) is 8.11. The standard InChI is InChI=1S/C9H13N3.C4H10/c1-3-10-4-2-9(1)12-7-5-11-6-8-12;1-3-4-2/h1-4,11H,5-8H2;3-4H2,1-2H3. The lowest BCUT2D eigenvalue weighted by Crippen LogP contribution is -2.43. The average Bonchev–Trinajstić information content (AvgIpc) is 2.41. The summed E-state index contributed by atoms with van der Waals surface area (Å²) < 4.78 is 0. The second-order valence-electron chi connectivity index (χ2n) is 3.94. The predicted molar refractivity (Wildman–Crippen MR) is 69.9 cm³/mol. The Hall–Kier alpha value is -1.09. The molecule has 16 heavy (non-hydrogen) atoms. The van der Waals surface area contributed by atoms with Crippen LogP contribution in [0.4, 0.5) is 5.69 Å². The van der Waals surface area contributed by atoms with Crippen molar-refractivity contribution in [2.75, 3.05) is 31.1 Å². The Balaban J connectivity index is 0.000000280. The average molecular weight is 221 g/mol. The normalized spacial score (nSPS) is 15.2. The highest BCUT2D eigenvalue weighted by Gasteiger charge is 2.08. The summed E-state index contributed by atoms with van der Waals surface area (Å²) in [5, 5.41) is 3.33. The smallest absolute Gasteiger partial charge is 0.0397 e. The van der Waals surface area contributed by atoms with E-state index in [2.05, 4.69) is 41.2 Å². The summed E-state index contributed by atoms with van der Waals surface area (Å²) in [5.41, 5.74) is 1.28. The molecule has 0 atom stereocenters. The topological polar surface area (TPSA) is 28.2 Å². The number of pyridine rings is 1. The van der Waals surface area contributed by atoms with E-state index in [0.29, 0.717) is 0 Å². The maximum Gasteiger partial charge on any atom is 0.0397 e. The van der Waals surface area contributed by atoms with Crippen molar-refractivity contribution in [2.45, 2.75) is 26.7 Å². The van der Waals surface area contributed by atoms with Gasteiger partial charge < -0.3 is 10.2 Å². The first kappa shape index (κ1) is 13.0. The molecule has 0 bridgehead atoms. The van der Waals surface area contributed by atoms with Crippen molar-refractivity contribution in [3.63, 3.8) is 0 Å². The van der Waals surface area contributed by atoms with Crippen LogP contribution in [0.5, 0.6) is 0 Å². The van der Waals surface area contributed by atoms with Crippen molar-refractivity contribution in [1.29, 1.82) is 0 Å². The molecule has 1 aromatic rings. The van der Waals surface area contributed by atoms with E-state index >= 15 is 0 Å². The molecule has 0 amide bonds. The molecule has 0 radical (unpaired) electrons. The number of hydrogen-bond acceptors (Lipinski definition) is 3. The van der Waals surface area contributed by atoms with E-state index in [0.717, 1.165) is 26.2 Å².